The van der Waals surface area contributed by atoms with E-state index in [4.69, 9.17) is 10.5 Å². The highest BCUT2D eigenvalue weighted by atomic mass is 79.9. The Labute approximate surface area is 117 Å². The second-order valence-corrected chi connectivity index (χ2v) is 5.88. The molecule has 0 heterocycles. The summed E-state index contributed by atoms with van der Waals surface area (Å²) in [4.78, 5) is 0. The van der Waals surface area contributed by atoms with Gasteiger partial charge in [-0.3, -0.25) is 0 Å². The average Bonchev–Trinajstić information content (AvgIpc) is 2.42. The predicted molar refractivity (Wildman–Crippen MR) is 78.8 cm³/mol. The van der Waals surface area contributed by atoms with Crippen molar-refractivity contribution in [2.75, 3.05) is 19.0 Å². The summed E-state index contributed by atoms with van der Waals surface area (Å²) < 4.78 is 6.73. The Kier molecular flexibility index (Phi) is 4.65. The third-order valence-electron chi connectivity index (χ3n) is 3.84. The Hall–Kier alpha value is -0.580. The Morgan fingerprint density at radius 2 is 2.11 bits per heavy atom. The number of hydrogen-bond acceptors (Lipinski definition) is 3. The molecular weight excluding hydrogens is 292 g/mol. The van der Waals surface area contributed by atoms with Crippen molar-refractivity contribution < 1.29 is 4.74 Å². The number of methoxy groups -OCH3 is 1. The lowest BCUT2D eigenvalue weighted by Crippen LogP contribution is -2.57. The van der Waals surface area contributed by atoms with Gasteiger partial charge >= 0.3 is 0 Å². The first-order valence-corrected chi connectivity index (χ1v) is 7.26. The lowest BCUT2D eigenvalue weighted by molar-refractivity contribution is 0.0190. The van der Waals surface area contributed by atoms with Gasteiger partial charge in [-0.25, -0.2) is 0 Å². The van der Waals surface area contributed by atoms with Crippen LogP contribution in [-0.4, -0.2) is 25.3 Å². The molecule has 2 atom stereocenters. The molecule has 1 aromatic carbocycles. The third kappa shape index (κ3) is 2.87. The molecule has 3 N–H and O–H groups in total. The molecule has 0 bridgehead atoms. The largest absolute Gasteiger partial charge is 0.379 e. The molecule has 0 radical (unpaired) electrons. The normalized spacial score (nSPS) is 28.1. The zero-order valence-corrected chi connectivity index (χ0v) is 12.4. The van der Waals surface area contributed by atoms with E-state index in [2.05, 4.69) is 33.4 Å². The maximum atomic E-state index is 6.03. The Morgan fingerprint density at radius 1 is 1.39 bits per heavy atom. The highest BCUT2D eigenvalue weighted by Crippen LogP contribution is 2.33. The van der Waals surface area contributed by atoms with Crippen molar-refractivity contribution in [2.24, 2.45) is 5.73 Å². The van der Waals surface area contributed by atoms with Gasteiger partial charge in [-0.05, 0) is 37.1 Å². The van der Waals surface area contributed by atoms with Gasteiger partial charge in [0.2, 0.25) is 0 Å². The van der Waals surface area contributed by atoms with E-state index in [1.807, 2.05) is 12.1 Å². The molecule has 0 spiro atoms. The van der Waals surface area contributed by atoms with Gasteiger partial charge in [0.25, 0.3) is 0 Å². The number of benzene rings is 1. The number of nitrogens with two attached hydrogens (primary N) is 1. The summed E-state index contributed by atoms with van der Waals surface area (Å²) in [5, 5.41) is 3.60. The summed E-state index contributed by atoms with van der Waals surface area (Å²) in [6.45, 7) is 0.599. The summed E-state index contributed by atoms with van der Waals surface area (Å²) in [6, 6.07) is 8.22. The fourth-order valence-electron chi connectivity index (χ4n) is 2.80. The van der Waals surface area contributed by atoms with E-state index in [0.717, 1.165) is 23.0 Å². The van der Waals surface area contributed by atoms with Crippen molar-refractivity contribution >= 4 is 21.6 Å². The van der Waals surface area contributed by atoms with Crippen molar-refractivity contribution in [2.45, 2.75) is 37.3 Å². The summed E-state index contributed by atoms with van der Waals surface area (Å²) in [5.41, 5.74) is 7.01. The van der Waals surface area contributed by atoms with Gasteiger partial charge in [0.1, 0.15) is 0 Å². The van der Waals surface area contributed by atoms with Gasteiger partial charge < -0.3 is 15.8 Å². The fourth-order valence-corrected chi connectivity index (χ4v) is 3.06. The van der Waals surface area contributed by atoms with Crippen LogP contribution >= 0.6 is 15.9 Å². The first-order chi connectivity index (χ1) is 8.70. The maximum absolute atomic E-state index is 6.03. The van der Waals surface area contributed by atoms with E-state index < -0.39 is 0 Å². The van der Waals surface area contributed by atoms with Gasteiger partial charge in [-0.2, -0.15) is 0 Å². The molecule has 100 valence electrons. The standard InChI is InChI=1S/C14H21BrN2O/c1-18-13-4-2-3-9-14(13,10-16)17-12-7-5-11(15)6-8-12/h5-8,13,17H,2-4,9-10,16H2,1H3. The van der Waals surface area contributed by atoms with E-state index in [-0.39, 0.29) is 11.6 Å². The molecule has 18 heavy (non-hydrogen) atoms. The second-order valence-electron chi connectivity index (χ2n) is 4.96. The van der Waals surface area contributed by atoms with E-state index >= 15 is 0 Å². The Balaban J connectivity index is 2.18. The van der Waals surface area contributed by atoms with Crippen LogP contribution in [0.4, 0.5) is 5.69 Å². The SMILES string of the molecule is COC1CCCCC1(CN)Nc1ccc(Br)cc1. The molecule has 2 unspecified atom stereocenters. The molecular formula is C14H21BrN2O. The Bertz CT molecular complexity index is 382. The van der Waals surface area contributed by atoms with Crippen LogP contribution in [0.3, 0.4) is 0 Å². The van der Waals surface area contributed by atoms with Crippen molar-refractivity contribution in [3.63, 3.8) is 0 Å². The quantitative estimate of drug-likeness (QED) is 0.898. The zero-order chi connectivity index (χ0) is 13.0. The van der Waals surface area contributed by atoms with Gasteiger partial charge in [-0.15, -0.1) is 0 Å². The third-order valence-corrected chi connectivity index (χ3v) is 4.37. The number of ether oxygens (including phenoxy) is 1. The van der Waals surface area contributed by atoms with Crippen LogP contribution in [0.25, 0.3) is 0 Å². The highest BCUT2D eigenvalue weighted by molar-refractivity contribution is 9.10. The second kappa shape index (κ2) is 6.04. The van der Waals surface area contributed by atoms with Crippen LogP contribution in [0, 0.1) is 0 Å². The van der Waals surface area contributed by atoms with Crippen molar-refractivity contribution in [1.29, 1.82) is 0 Å². The van der Waals surface area contributed by atoms with E-state index in [9.17, 15) is 0 Å². The number of halogens is 1. The summed E-state index contributed by atoms with van der Waals surface area (Å²) in [7, 11) is 1.78. The van der Waals surface area contributed by atoms with E-state index in [0.29, 0.717) is 6.54 Å². The molecule has 1 aromatic rings. The Morgan fingerprint density at radius 3 is 2.72 bits per heavy atom. The topological polar surface area (TPSA) is 47.3 Å². The number of nitrogens with one attached hydrogen (secondary N) is 1. The minimum Gasteiger partial charge on any atom is -0.379 e. The van der Waals surface area contributed by atoms with Crippen molar-refractivity contribution in [3.8, 4) is 0 Å². The molecule has 1 fully saturated rings. The molecule has 2 rings (SSSR count). The summed E-state index contributed by atoms with van der Waals surface area (Å²) in [6.07, 6.45) is 4.78. The lowest BCUT2D eigenvalue weighted by atomic mass is 9.78. The molecule has 1 saturated carbocycles. The molecule has 1 aliphatic rings. The van der Waals surface area contributed by atoms with Gasteiger partial charge in [0.15, 0.2) is 0 Å². The molecule has 0 aliphatic heterocycles. The monoisotopic (exact) mass is 312 g/mol. The fraction of sp³-hybridized carbons (Fsp3) is 0.571. The van der Waals surface area contributed by atoms with Crippen LogP contribution in [-0.2, 0) is 4.74 Å². The lowest BCUT2D eigenvalue weighted by Gasteiger charge is -2.44. The minimum atomic E-state index is -0.124. The molecule has 0 saturated heterocycles. The van der Waals surface area contributed by atoms with Crippen LogP contribution in [0.2, 0.25) is 0 Å². The van der Waals surface area contributed by atoms with Crippen LogP contribution in [0.15, 0.2) is 28.7 Å². The smallest absolute Gasteiger partial charge is 0.0813 e. The van der Waals surface area contributed by atoms with Gasteiger partial charge in [-0.1, -0.05) is 28.8 Å². The van der Waals surface area contributed by atoms with Crippen molar-refractivity contribution in [1.82, 2.24) is 0 Å². The summed E-state index contributed by atoms with van der Waals surface area (Å²) >= 11 is 3.45. The first kappa shape index (κ1) is 13.8. The van der Waals surface area contributed by atoms with Gasteiger partial charge in [0.05, 0.1) is 11.6 Å². The van der Waals surface area contributed by atoms with Crippen LogP contribution < -0.4 is 11.1 Å². The van der Waals surface area contributed by atoms with E-state index in [1.165, 1.54) is 12.8 Å². The summed E-state index contributed by atoms with van der Waals surface area (Å²) in [5.74, 6) is 0. The molecule has 4 heteroatoms. The van der Waals surface area contributed by atoms with Crippen LogP contribution in [0.1, 0.15) is 25.7 Å². The van der Waals surface area contributed by atoms with Gasteiger partial charge in [0, 0.05) is 23.8 Å². The maximum Gasteiger partial charge on any atom is 0.0813 e. The predicted octanol–water partition coefficient (Wildman–Crippen LogP) is 3.15. The zero-order valence-electron chi connectivity index (χ0n) is 10.8. The minimum absolute atomic E-state index is 0.124. The molecule has 0 amide bonds. The first-order valence-electron chi connectivity index (χ1n) is 6.47. The van der Waals surface area contributed by atoms with E-state index in [1.54, 1.807) is 7.11 Å². The number of anilines is 1. The van der Waals surface area contributed by atoms with Crippen LogP contribution in [0.5, 0.6) is 0 Å². The molecule has 1 aliphatic carbocycles. The number of rotatable bonds is 4. The number of hydrogen-bond donors (Lipinski definition) is 2. The molecule has 0 aromatic heterocycles. The average molecular weight is 313 g/mol. The van der Waals surface area contributed by atoms with Crippen molar-refractivity contribution in [3.05, 3.63) is 28.7 Å². The highest BCUT2D eigenvalue weighted by Gasteiger charge is 2.39. The molecule has 3 nitrogen and oxygen atoms in total.